The molecule has 0 aromatic carbocycles. The van der Waals surface area contributed by atoms with E-state index in [1.807, 2.05) is 0 Å². The third-order valence-electron chi connectivity index (χ3n) is 3.62. The topological polar surface area (TPSA) is 64.1 Å². The molecule has 0 bridgehead atoms. The molecule has 0 unspecified atom stereocenters. The Labute approximate surface area is 137 Å². The van der Waals surface area contributed by atoms with Gasteiger partial charge >= 0.3 is 6.01 Å². The predicted molar refractivity (Wildman–Crippen MR) is 85.5 cm³/mol. The summed E-state index contributed by atoms with van der Waals surface area (Å²) in [5.41, 5.74) is 0. The van der Waals surface area contributed by atoms with Crippen LogP contribution in [0.5, 0.6) is 6.01 Å². The van der Waals surface area contributed by atoms with Gasteiger partial charge in [0.15, 0.2) is 0 Å². The van der Waals surface area contributed by atoms with Crippen LogP contribution in [-0.4, -0.2) is 28.0 Å². The molecule has 1 fully saturated rings. The van der Waals surface area contributed by atoms with Gasteiger partial charge in [-0.3, -0.25) is 4.79 Å². The summed E-state index contributed by atoms with van der Waals surface area (Å²) in [5, 5.41) is 3.06. The number of rotatable bonds is 4. The van der Waals surface area contributed by atoms with Gasteiger partial charge in [-0.15, -0.1) is 11.3 Å². The number of ether oxygens (including phenoxy) is 1. The first-order chi connectivity index (χ1) is 10.7. The van der Waals surface area contributed by atoms with Crippen LogP contribution in [0.25, 0.3) is 0 Å². The van der Waals surface area contributed by atoms with Crippen molar-refractivity contribution in [2.75, 3.05) is 0 Å². The minimum absolute atomic E-state index is 0.0485. The van der Waals surface area contributed by atoms with E-state index in [2.05, 4.69) is 15.3 Å². The lowest BCUT2D eigenvalue weighted by molar-refractivity contribution is 0.0889. The molecular weight excluding hydrogens is 322 g/mol. The molecule has 1 N–H and O–H groups in total. The van der Waals surface area contributed by atoms with E-state index in [0.29, 0.717) is 15.2 Å². The normalized spacial score (nSPS) is 21.3. The van der Waals surface area contributed by atoms with Crippen molar-refractivity contribution in [3.05, 3.63) is 39.8 Å². The minimum atomic E-state index is -0.0485. The maximum absolute atomic E-state index is 12.1. The van der Waals surface area contributed by atoms with Gasteiger partial charge in [0.2, 0.25) is 0 Å². The molecule has 116 valence electrons. The van der Waals surface area contributed by atoms with Gasteiger partial charge in [0.1, 0.15) is 6.10 Å². The molecule has 5 nitrogen and oxygen atoms in total. The van der Waals surface area contributed by atoms with Gasteiger partial charge in [0.05, 0.1) is 9.21 Å². The lowest BCUT2D eigenvalue weighted by atomic mass is 9.93. The van der Waals surface area contributed by atoms with E-state index in [4.69, 9.17) is 16.3 Å². The number of carbonyl (C=O) groups is 1. The van der Waals surface area contributed by atoms with E-state index in [1.165, 1.54) is 11.3 Å². The molecule has 0 atom stereocenters. The molecule has 1 aliphatic rings. The number of carbonyl (C=O) groups excluding carboxylic acids is 1. The minimum Gasteiger partial charge on any atom is -0.460 e. The summed E-state index contributed by atoms with van der Waals surface area (Å²) >= 11 is 7.15. The number of hydrogen-bond acceptors (Lipinski definition) is 5. The quantitative estimate of drug-likeness (QED) is 0.929. The van der Waals surface area contributed by atoms with Crippen molar-refractivity contribution < 1.29 is 9.53 Å². The third-order valence-corrected chi connectivity index (χ3v) is 4.85. The van der Waals surface area contributed by atoms with Crippen LogP contribution >= 0.6 is 22.9 Å². The first-order valence-corrected chi connectivity index (χ1v) is 8.40. The van der Waals surface area contributed by atoms with Gasteiger partial charge in [-0.2, -0.15) is 0 Å². The first-order valence-electron chi connectivity index (χ1n) is 7.20. The Hall–Kier alpha value is -1.66. The predicted octanol–water partition coefficient (Wildman–Crippen LogP) is 3.31. The fraction of sp³-hybridized carbons (Fsp3) is 0.400. The van der Waals surface area contributed by atoms with E-state index in [9.17, 15) is 4.79 Å². The lowest BCUT2D eigenvalue weighted by Gasteiger charge is -2.28. The van der Waals surface area contributed by atoms with Gasteiger partial charge in [0.25, 0.3) is 5.91 Å². The molecule has 2 heterocycles. The summed E-state index contributed by atoms with van der Waals surface area (Å²) < 4.78 is 6.38. The van der Waals surface area contributed by atoms with Crippen molar-refractivity contribution in [1.29, 1.82) is 0 Å². The molecule has 1 amide bonds. The molecule has 22 heavy (non-hydrogen) atoms. The molecule has 2 aromatic rings. The van der Waals surface area contributed by atoms with Gasteiger partial charge in [-0.25, -0.2) is 9.97 Å². The molecule has 2 aromatic heterocycles. The second-order valence-corrected chi connectivity index (χ2v) is 6.92. The Morgan fingerprint density at radius 3 is 2.59 bits per heavy atom. The maximum atomic E-state index is 12.1. The van der Waals surface area contributed by atoms with Gasteiger partial charge in [-0.05, 0) is 43.9 Å². The highest BCUT2D eigenvalue weighted by Crippen LogP contribution is 2.24. The van der Waals surface area contributed by atoms with Crippen LogP contribution in [0.2, 0.25) is 4.34 Å². The monoisotopic (exact) mass is 337 g/mol. The SMILES string of the molecule is O=C(NC1CCC(Oc2ncccn2)CC1)c1ccc(Cl)s1. The molecule has 1 saturated carbocycles. The van der Waals surface area contributed by atoms with E-state index in [0.717, 1.165) is 25.7 Å². The van der Waals surface area contributed by atoms with Crippen LogP contribution in [0.3, 0.4) is 0 Å². The van der Waals surface area contributed by atoms with Crippen LogP contribution < -0.4 is 10.1 Å². The van der Waals surface area contributed by atoms with Crippen molar-refractivity contribution in [2.45, 2.75) is 37.8 Å². The molecule has 7 heteroatoms. The fourth-order valence-corrected chi connectivity index (χ4v) is 3.46. The van der Waals surface area contributed by atoms with Crippen LogP contribution in [-0.2, 0) is 0 Å². The fourth-order valence-electron chi connectivity index (χ4n) is 2.51. The average molecular weight is 338 g/mol. The Kier molecular flexibility index (Phi) is 4.90. The van der Waals surface area contributed by atoms with Crippen molar-refractivity contribution in [3.8, 4) is 6.01 Å². The van der Waals surface area contributed by atoms with Crippen molar-refractivity contribution in [1.82, 2.24) is 15.3 Å². The number of halogens is 1. The summed E-state index contributed by atoms with van der Waals surface area (Å²) in [6.07, 6.45) is 7.00. The van der Waals surface area contributed by atoms with Crippen LogP contribution in [0.4, 0.5) is 0 Å². The van der Waals surface area contributed by atoms with Crippen molar-refractivity contribution in [3.63, 3.8) is 0 Å². The smallest absolute Gasteiger partial charge is 0.316 e. The van der Waals surface area contributed by atoms with Crippen LogP contribution in [0.1, 0.15) is 35.4 Å². The van der Waals surface area contributed by atoms with Gasteiger partial charge in [-0.1, -0.05) is 11.6 Å². The highest BCUT2D eigenvalue weighted by Gasteiger charge is 2.24. The zero-order valence-corrected chi connectivity index (χ0v) is 13.4. The van der Waals surface area contributed by atoms with Gasteiger partial charge in [0, 0.05) is 18.4 Å². The molecule has 0 radical (unpaired) electrons. The number of amides is 1. The van der Waals surface area contributed by atoms with Crippen LogP contribution in [0, 0.1) is 0 Å². The van der Waals surface area contributed by atoms with Crippen molar-refractivity contribution >= 4 is 28.8 Å². The number of aromatic nitrogens is 2. The van der Waals surface area contributed by atoms with E-state index in [1.54, 1.807) is 30.6 Å². The summed E-state index contributed by atoms with van der Waals surface area (Å²) in [5.74, 6) is -0.0485. The molecule has 0 saturated heterocycles. The highest BCUT2D eigenvalue weighted by molar-refractivity contribution is 7.17. The summed E-state index contributed by atoms with van der Waals surface area (Å²) in [6.45, 7) is 0. The lowest BCUT2D eigenvalue weighted by Crippen LogP contribution is -2.39. The van der Waals surface area contributed by atoms with Crippen LogP contribution in [0.15, 0.2) is 30.6 Å². The standard InChI is InChI=1S/C15H16ClN3O2S/c16-13-7-6-12(22-13)14(20)19-10-2-4-11(5-3-10)21-15-17-8-1-9-18-15/h1,6-11H,2-5H2,(H,19,20). The summed E-state index contributed by atoms with van der Waals surface area (Å²) in [4.78, 5) is 20.9. The van der Waals surface area contributed by atoms with E-state index < -0.39 is 0 Å². The summed E-state index contributed by atoms with van der Waals surface area (Å²) in [6, 6.07) is 5.86. The second kappa shape index (κ2) is 7.07. The molecule has 0 spiro atoms. The second-order valence-electron chi connectivity index (χ2n) is 5.20. The number of hydrogen-bond donors (Lipinski definition) is 1. The molecular formula is C15H16ClN3O2S. The number of nitrogens with one attached hydrogen (secondary N) is 1. The maximum Gasteiger partial charge on any atom is 0.316 e. The van der Waals surface area contributed by atoms with E-state index in [-0.39, 0.29) is 18.1 Å². The average Bonchev–Trinajstić information content (AvgIpc) is 2.97. The highest BCUT2D eigenvalue weighted by atomic mass is 35.5. The Bertz CT molecular complexity index is 627. The zero-order chi connectivity index (χ0) is 15.4. The first kappa shape index (κ1) is 15.2. The Morgan fingerprint density at radius 1 is 1.23 bits per heavy atom. The third kappa shape index (κ3) is 3.96. The Balaban J connectivity index is 1.46. The van der Waals surface area contributed by atoms with Gasteiger partial charge < -0.3 is 10.1 Å². The van der Waals surface area contributed by atoms with E-state index >= 15 is 0 Å². The number of thiophene rings is 1. The summed E-state index contributed by atoms with van der Waals surface area (Å²) in [7, 11) is 0. The molecule has 1 aliphatic carbocycles. The Morgan fingerprint density at radius 2 is 1.95 bits per heavy atom. The largest absolute Gasteiger partial charge is 0.460 e. The molecule has 0 aliphatic heterocycles. The van der Waals surface area contributed by atoms with Crippen molar-refractivity contribution in [2.24, 2.45) is 0 Å². The molecule has 3 rings (SSSR count). The number of nitrogens with zero attached hydrogens (tertiary/aromatic N) is 2. The zero-order valence-electron chi connectivity index (χ0n) is 11.9.